The predicted octanol–water partition coefficient (Wildman–Crippen LogP) is 2.83. The van der Waals surface area contributed by atoms with E-state index in [1.807, 2.05) is 20.8 Å². The summed E-state index contributed by atoms with van der Waals surface area (Å²) in [4.78, 5) is 0. The van der Waals surface area contributed by atoms with Crippen LogP contribution in [-0.2, 0) is 10.0 Å². The second kappa shape index (κ2) is 7.17. The first-order valence-electron chi connectivity index (χ1n) is 6.20. The molecule has 0 radical (unpaired) electrons. The molecule has 0 amide bonds. The van der Waals surface area contributed by atoms with Gasteiger partial charge in [-0.05, 0) is 39.9 Å². The molecule has 0 aliphatic heterocycles. The summed E-state index contributed by atoms with van der Waals surface area (Å²) < 4.78 is 28.1. The van der Waals surface area contributed by atoms with E-state index in [1.54, 1.807) is 12.1 Å². The number of thiophene rings is 1. The standard InChI is InChI=1S/C12H20BrNO3S2/c1-4-9(8(2)3)10(7-15)14-19(16,17)12-6-5-11(13)18-12/h5-6,8-10,14-15H,4,7H2,1-3H3/t9-,10-/m1/s1. The summed E-state index contributed by atoms with van der Waals surface area (Å²) in [5, 5.41) is 9.46. The van der Waals surface area contributed by atoms with Gasteiger partial charge in [-0.15, -0.1) is 11.3 Å². The lowest BCUT2D eigenvalue weighted by Crippen LogP contribution is -2.44. The van der Waals surface area contributed by atoms with Crippen molar-refractivity contribution in [2.75, 3.05) is 6.61 Å². The fourth-order valence-electron chi connectivity index (χ4n) is 2.18. The zero-order chi connectivity index (χ0) is 14.6. The van der Waals surface area contributed by atoms with E-state index in [1.165, 1.54) is 0 Å². The first kappa shape index (κ1) is 17.1. The van der Waals surface area contributed by atoms with Gasteiger partial charge >= 0.3 is 0 Å². The molecule has 1 heterocycles. The van der Waals surface area contributed by atoms with Crippen LogP contribution in [0.25, 0.3) is 0 Å². The predicted molar refractivity (Wildman–Crippen MR) is 81.8 cm³/mol. The molecule has 0 unspecified atom stereocenters. The molecule has 19 heavy (non-hydrogen) atoms. The van der Waals surface area contributed by atoms with E-state index in [-0.39, 0.29) is 16.7 Å². The normalized spacial score (nSPS) is 15.7. The summed E-state index contributed by atoms with van der Waals surface area (Å²) in [6, 6.07) is 2.81. The van der Waals surface area contributed by atoms with Crippen molar-refractivity contribution in [2.45, 2.75) is 37.4 Å². The Morgan fingerprint density at radius 1 is 1.42 bits per heavy atom. The highest BCUT2D eigenvalue weighted by molar-refractivity contribution is 9.11. The molecule has 0 saturated carbocycles. The Hall–Kier alpha value is 0.0500. The van der Waals surface area contributed by atoms with Gasteiger partial charge in [-0.25, -0.2) is 13.1 Å². The van der Waals surface area contributed by atoms with Crippen molar-refractivity contribution in [3.63, 3.8) is 0 Å². The third-order valence-corrected chi connectivity index (χ3v) is 6.77. The molecule has 0 aromatic carbocycles. The second-order valence-electron chi connectivity index (χ2n) is 4.79. The molecule has 0 aliphatic carbocycles. The minimum Gasteiger partial charge on any atom is -0.395 e. The zero-order valence-corrected chi connectivity index (χ0v) is 14.5. The second-order valence-corrected chi connectivity index (χ2v) is 9.19. The number of hydrogen-bond donors (Lipinski definition) is 2. The van der Waals surface area contributed by atoms with Crippen LogP contribution in [0.15, 0.2) is 20.1 Å². The maximum Gasteiger partial charge on any atom is 0.250 e. The SMILES string of the molecule is CC[C@H](C(C)C)[C@@H](CO)NS(=O)(=O)c1ccc(Br)s1. The van der Waals surface area contributed by atoms with Crippen LogP contribution in [0.1, 0.15) is 27.2 Å². The molecule has 1 rings (SSSR count). The Morgan fingerprint density at radius 3 is 2.42 bits per heavy atom. The Balaban J connectivity index is 2.91. The van der Waals surface area contributed by atoms with Crippen LogP contribution in [0, 0.1) is 11.8 Å². The Morgan fingerprint density at radius 2 is 2.05 bits per heavy atom. The van der Waals surface area contributed by atoms with Crippen molar-refractivity contribution < 1.29 is 13.5 Å². The first-order chi connectivity index (χ1) is 8.81. The van der Waals surface area contributed by atoms with Crippen LogP contribution in [0.3, 0.4) is 0 Å². The molecule has 110 valence electrons. The molecule has 0 fully saturated rings. The quantitative estimate of drug-likeness (QED) is 0.776. The average Bonchev–Trinajstić information content (AvgIpc) is 2.75. The van der Waals surface area contributed by atoms with Crippen molar-refractivity contribution in [2.24, 2.45) is 11.8 Å². The van der Waals surface area contributed by atoms with Crippen molar-refractivity contribution >= 4 is 37.3 Å². The van der Waals surface area contributed by atoms with E-state index in [4.69, 9.17) is 0 Å². The van der Waals surface area contributed by atoms with Gasteiger partial charge in [0, 0.05) is 6.04 Å². The maximum atomic E-state index is 12.2. The molecule has 4 nitrogen and oxygen atoms in total. The van der Waals surface area contributed by atoms with Crippen LogP contribution in [0.2, 0.25) is 0 Å². The number of hydrogen-bond acceptors (Lipinski definition) is 4. The molecule has 0 spiro atoms. The van der Waals surface area contributed by atoms with Crippen LogP contribution in [-0.4, -0.2) is 26.2 Å². The number of nitrogens with one attached hydrogen (secondary N) is 1. The molecule has 0 bridgehead atoms. The first-order valence-corrected chi connectivity index (χ1v) is 9.29. The van der Waals surface area contributed by atoms with E-state index >= 15 is 0 Å². The molecular formula is C12H20BrNO3S2. The molecule has 7 heteroatoms. The van der Waals surface area contributed by atoms with Crippen LogP contribution < -0.4 is 4.72 Å². The number of rotatable bonds is 7. The van der Waals surface area contributed by atoms with E-state index in [0.29, 0.717) is 5.92 Å². The van der Waals surface area contributed by atoms with Gasteiger partial charge in [0.1, 0.15) is 4.21 Å². The fraction of sp³-hybridized carbons (Fsp3) is 0.667. The number of aliphatic hydroxyl groups is 1. The van der Waals surface area contributed by atoms with Gasteiger partial charge in [-0.1, -0.05) is 27.2 Å². The van der Waals surface area contributed by atoms with E-state index in [2.05, 4.69) is 20.7 Å². The smallest absolute Gasteiger partial charge is 0.250 e. The lowest BCUT2D eigenvalue weighted by atomic mass is 9.87. The van der Waals surface area contributed by atoms with Crippen LogP contribution >= 0.6 is 27.3 Å². The minimum atomic E-state index is -3.56. The van der Waals surface area contributed by atoms with Crippen molar-refractivity contribution in [3.05, 3.63) is 15.9 Å². The minimum absolute atomic E-state index is 0.114. The van der Waals surface area contributed by atoms with Gasteiger partial charge in [-0.3, -0.25) is 0 Å². The van der Waals surface area contributed by atoms with Gasteiger partial charge in [0.25, 0.3) is 0 Å². The fourth-order valence-corrected chi connectivity index (χ4v) is 5.48. The van der Waals surface area contributed by atoms with Gasteiger partial charge in [0.2, 0.25) is 10.0 Å². The lowest BCUT2D eigenvalue weighted by molar-refractivity contribution is 0.184. The third kappa shape index (κ3) is 4.53. The van der Waals surface area contributed by atoms with Crippen molar-refractivity contribution in [1.82, 2.24) is 4.72 Å². The topological polar surface area (TPSA) is 66.4 Å². The summed E-state index contributed by atoms with van der Waals surface area (Å²) in [6.07, 6.45) is 0.819. The Kier molecular flexibility index (Phi) is 6.46. The molecular weight excluding hydrogens is 350 g/mol. The molecule has 0 aliphatic rings. The van der Waals surface area contributed by atoms with E-state index in [0.717, 1.165) is 21.5 Å². The third-order valence-electron chi connectivity index (χ3n) is 3.16. The zero-order valence-electron chi connectivity index (χ0n) is 11.3. The van der Waals surface area contributed by atoms with E-state index in [9.17, 15) is 13.5 Å². The summed E-state index contributed by atoms with van der Waals surface area (Å²) in [7, 11) is -3.56. The highest BCUT2D eigenvalue weighted by atomic mass is 79.9. The van der Waals surface area contributed by atoms with Crippen molar-refractivity contribution in [1.29, 1.82) is 0 Å². The molecule has 1 aromatic rings. The molecule has 2 atom stereocenters. The molecule has 2 N–H and O–H groups in total. The monoisotopic (exact) mass is 369 g/mol. The number of sulfonamides is 1. The van der Waals surface area contributed by atoms with E-state index < -0.39 is 16.1 Å². The Labute approximate surface area is 127 Å². The van der Waals surface area contributed by atoms with Crippen LogP contribution in [0.4, 0.5) is 0 Å². The average molecular weight is 370 g/mol. The van der Waals surface area contributed by atoms with Gasteiger partial charge in [0.15, 0.2) is 0 Å². The Bertz CT molecular complexity index is 499. The largest absolute Gasteiger partial charge is 0.395 e. The maximum absolute atomic E-state index is 12.2. The molecule has 0 saturated heterocycles. The summed E-state index contributed by atoms with van der Waals surface area (Å²) >= 11 is 4.41. The number of halogens is 1. The summed E-state index contributed by atoms with van der Waals surface area (Å²) in [6.45, 7) is 5.88. The highest BCUT2D eigenvalue weighted by Crippen LogP contribution is 2.27. The highest BCUT2D eigenvalue weighted by Gasteiger charge is 2.28. The van der Waals surface area contributed by atoms with Crippen LogP contribution in [0.5, 0.6) is 0 Å². The van der Waals surface area contributed by atoms with Gasteiger partial charge < -0.3 is 5.11 Å². The van der Waals surface area contributed by atoms with Gasteiger partial charge in [0.05, 0.1) is 10.4 Å². The van der Waals surface area contributed by atoms with Gasteiger partial charge in [-0.2, -0.15) is 0 Å². The van der Waals surface area contributed by atoms with Crippen molar-refractivity contribution in [3.8, 4) is 0 Å². The number of aliphatic hydroxyl groups excluding tert-OH is 1. The molecule has 1 aromatic heterocycles. The summed E-state index contributed by atoms with van der Waals surface area (Å²) in [5.74, 6) is 0.420. The summed E-state index contributed by atoms with van der Waals surface area (Å²) in [5.41, 5.74) is 0. The lowest BCUT2D eigenvalue weighted by Gasteiger charge is -2.28.